The van der Waals surface area contributed by atoms with Crippen LogP contribution in [-0.4, -0.2) is 41.8 Å². The van der Waals surface area contributed by atoms with Crippen molar-refractivity contribution in [2.24, 2.45) is 5.92 Å². The van der Waals surface area contributed by atoms with E-state index in [1.165, 1.54) is 11.1 Å². The van der Waals surface area contributed by atoms with Crippen LogP contribution in [0.3, 0.4) is 0 Å². The van der Waals surface area contributed by atoms with E-state index >= 15 is 0 Å². The number of carbonyl (C=O) groups excluding carboxylic acids is 2. The Balaban J connectivity index is 1.33. The number of hydrogen-bond acceptors (Lipinski definition) is 4. The van der Waals surface area contributed by atoms with Crippen LogP contribution in [0.2, 0.25) is 0 Å². The Morgan fingerprint density at radius 3 is 2.14 bits per heavy atom. The molecule has 2 unspecified atom stereocenters. The molecule has 0 heterocycles. The lowest BCUT2D eigenvalue weighted by Gasteiger charge is -2.33. The number of rotatable bonds is 11. The molecule has 0 aliphatic heterocycles. The fourth-order valence-electron chi connectivity index (χ4n) is 5.24. The molecule has 2 amide bonds. The van der Waals surface area contributed by atoms with Crippen molar-refractivity contribution in [1.82, 2.24) is 10.6 Å². The highest BCUT2D eigenvalue weighted by Gasteiger charge is 2.31. The van der Waals surface area contributed by atoms with Gasteiger partial charge in [-0.3, -0.25) is 9.59 Å². The van der Waals surface area contributed by atoms with Gasteiger partial charge >= 0.3 is 12.1 Å². The summed E-state index contributed by atoms with van der Waals surface area (Å²) in [5.41, 5.74) is 4.62. The van der Waals surface area contributed by atoms with Gasteiger partial charge in [-0.1, -0.05) is 68.3 Å². The van der Waals surface area contributed by atoms with Gasteiger partial charge in [0.05, 0.1) is 6.42 Å². The van der Waals surface area contributed by atoms with Crippen molar-refractivity contribution in [3.05, 3.63) is 59.7 Å². The van der Waals surface area contributed by atoms with Crippen LogP contribution in [0.1, 0.15) is 68.9 Å². The number of aliphatic carboxylic acids is 1. The molecule has 4 rings (SSSR count). The van der Waals surface area contributed by atoms with Gasteiger partial charge in [-0.15, -0.1) is 0 Å². The number of carboxylic acids is 1. The van der Waals surface area contributed by atoms with Gasteiger partial charge < -0.3 is 20.5 Å². The van der Waals surface area contributed by atoms with E-state index in [9.17, 15) is 19.5 Å². The maximum absolute atomic E-state index is 12.7. The Kier molecular flexibility index (Phi) is 8.06. The van der Waals surface area contributed by atoms with Crippen molar-refractivity contribution in [1.29, 1.82) is 0 Å². The molecule has 35 heavy (non-hydrogen) atoms. The van der Waals surface area contributed by atoms with E-state index in [-0.39, 0.29) is 49.3 Å². The van der Waals surface area contributed by atoms with Gasteiger partial charge in [0, 0.05) is 24.4 Å². The molecule has 2 atom stereocenters. The molecule has 1 fully saturated rings. The number of benzene rings is 2. The lowest BCUT2D eigenvalue weighted by atomic mass is 9.78. The fraction of sp³-hybridized carbons (Fsp3) is 0.464. The predicted molar refractivity (Wildman–Crippen MR) is 133 cm³/mol. The zero-order chi connectivity index (χ0) is 24.8. The SMILES string of the molecule is CCCC(CC(=O)NC(CC(=O)O)C1CCC1)NC(=O)OCC1c2ccccc2-c2ccccc21. The Bertz CT molecular complexity index is 1020. The summed E-state index contributed by atoms with van der Waals surface area (Å²) in [5.74, 6) is -0.959. The third-order valence-electron chi connectivity index (χ3n) is 7.19. The largest absolute Gasteiger partial charge is 0.481 e. The van der Waals surface area contributed by atoms with E-state index in [2.05, 4.69) is 34.9 Å². The summed E-state index contributed by atoms with van der Waals surface area (Å²) in [6.07, 6.45) is 3.85. The lowest BCUT2D eigenvalue weighted by molar-refractivity contribution is -0.138. The van der Waals surface area contributed by atoms with Crippen molar-refractivity contribution >= 4 is 18.0 Å². The summed E-state index contributed by atoms with van der Waals surface area (Å²) in [7, 11) is 0. The first-order valence-corrected chi connectivity index (χ1v) is 12.6. The molecule has 0 bridgehead atoms. The van der Waals surface area contributed by atoms with Crippen LogP contribution < -0.4 is 10.6 Å². The van der Waals surface area contributed by atoms with Crippen LogP contribution >= 0.6 is 0 Å². The van der Waals surface area contributed by atoms with Crippen molar-refractivity contribution in [3.63, 3.8) is 0 Å². The van der Waals surface area contributed by atoms with Crippen LogP contribution in [0.4, 0.5) is 4.79 Å². The summed E-state index contributed by atoms with van der Waals surface area (Å²) in [5, 5.41) is 14.9. The third kappa shape index (κ3) is 6.02. The normalized spacial score (nSPS) is 16.4. The molecule has 2 aromatic rings. The second-order valence-corrected chi connectivity index (χ2v) is 9.62. The van der Waals surface area contributed by atoms with Crippen molar-refractivity contribution in [2.45, 2.75) is 69.9 Å². The summed E-state index contributed by atoms with van der Waals surface area (Å²) < 4.78 is 5.64. The first kappa shape index (κ1) is 24.8. The topological polar surface area (TPSA) is 105 Å². The van der Waals surface area contributed by atoms with E-state index in [0.29, 0.717) is 6.42 Å². The molecule has 0 radical (unpaired) electrons. The molecule has 7 nitrogen and oxygen atoms in total. The molecule has 2 aliphatic carbocycles. The van der Waals surface area contributed by atoms with Gasteiger partial charge in [0.15, 0.2) is 0 Å². The number of carboxylic acid groups (broad SMARTS) is 1. The maximum atomic E-state index is 12.7. The van der Waals surface area contributed by atoms with E-state index in [1.54, 1.807) is 0 Å². The van der Waals surface area contributed by atoms with E-state index in [1.807, 2.05) is 31.2 Å². The van der Waals surface area contributed by atoms with Gasteiger partial charge in [0.25, 0.3) is 0 Å². The number of amides is 2. The second kappa shape index (κ2) is 11.4. The number of hydrogen-bond donors (Lipinski definition) is 3. The third-order valence-corrected chi connectivity index (χ3v) is 7.19. The van der Waals surface area contributed by atoms with E-state index < -0.39 is 12.1 Å². The highest BCUT2D eigenvalue weighted by molar-refractivity contribution is 5.80. The van der Waals surface area contributed by atoms with Crippen molar-refractivity contribution in [3.8, 4) is 11.1 Å². The van der Waals surface area contributed by atoms with Crippen LogP contribution in [0.25, 0.3) is 11.1 Å². The molecule has 0 aromatic heterocycles. The van der Waals surface area contributed by atoms with Gasteiger partial charge in [-0.2, -0.15) is 0 Å². The summed E-state index contributed by atoms with van der Waals surface area (Å²) in [4.78, 5) is 36.6. The standard InChI is InChI=1S/C28H34N2O5/c1-2-8-19(15-26(31)30-25(16-27(32)33)18-9-7-10-18)29-28(34)35-17-24-22-13-5-3-11-20(22)21-12-4-6-14-23(21)24/h3-6,11-14,18-19,24-25H,2,7-10,15-17H2,1H3,(H,29,34)(H,30,31)(H,32,33). The molecule has 3 N–H and O–H groups in total. The van der Waals surface area contributed by atoms with Crippen LogP contribution in [0.5, 0.6) is 0 Å². The highest BCUT2D eigenvalue weighted by atomic mass is 16.5. The molecule has 0 saturated heterocycles. The molecule has 2 aromatic carbocycles. The van der Waals surface area contributed by atoms with Crippen LogP contribution in [-0.2, 0) is 14.3 Å². The zero-order valence-electron chi connectivity index (χ0n) is 20.2. The minimum atomic E-state index is -0.913. The predicted octanol–water partition coefficient (Wildman–Crippen LogP) is 4.84. The molecule has 2 aliphatic rings. The number of nitrogens with one attached hydrogen (secondary N) is 2. The smallest absolute Gasteiger partial charge is 0.407 e. The average molecular weight is 479 g/mol. The summed E-state index contributed by atoms with van der Waals surface area (Å²) in [6, 6.07) is 15.6. The molecular weight excluding hydrogens is 444 g/mol. The fourth-order valence-corrected chi connectivity index (χ4v) is 5.24. The van der Waals surface area contributed by atoms with Gasteiger partial charge in [-0.25, -0.2) is 4.79 Å². The van der Waals surface area contributed by atoms with E-state index in [4.69, 9.17) is 4.74 Å². The maximum Gasteiger partial charge on any atom is 0.407 e. The molecule has 0 spiro atoms. The highest BCUT2D eigenvalue weighted by Crippen LogP contribution is 2.44. The Morgan fingerprint density at radius 2 is 1.60 bits per heavy atom. The summed E-state index contributed by atoms with van der Waals surface area (Å²) >= 11 is 0. The lowest BCUT2D eigenvalue weighted by Crippen LogP contribution is -2.46. The molecular formula is C28H34N2O5. The summed E-state index contributed by atoms with van der Waals surface area (Å²) in [6.45, 7) is 2.21. The molecule has 1 saturated carbocycles. The quantitative estimate of drug-likeness (QED) is 0.429. The number of carbonyl (C=O) groups is 3. The molecule has 7 heteroatoms. The van der Waals surface area contributed by atoms with Gasteiger partial charge in [0.2, 0.25) is 5.91 Å². The van der Waals surface area contributed by atoms with Crippen molar-refractivity contribution < 1.29 is 24.2 Å². The Morgan fingerprint density at radius 1 is 0.971 bits per heavy atom. The van der Waals surface area contributed by atoms with Crippen LogP contribution in [0.15, 0.2) is 48.5 Å². The zero-order valence-corrected chi connectivity index (χ0v) is 20.2. The van der Waals surface area contributed by atoms with Gasteiger partial charge in [-0.05, 0) is 47.4 Å². The average Bonchev–Trinajstić information content (AvgIpc) is 3.10. The second-order valence-electron chi connectivity index (χ2n) is 9.62. The first-order chi connectivity index (χ1) is 17.0. The number of alkyl carbamates (subject to hydrolysis) is 1. The monoisotopic (exact) mass is 478 g/mol. The minimum Gasteiger partial charge on any atom is -0.481 e. The number of fused-ring (bicyclic) bond motifs is 3. The van der Waals surface area contributed by atoms with Gasteiger partial charge in [0.1, 0.15) is 6.61 Å². The number of ether oxygens (including phenoxy) is 1. The Labute approximate surface area is 206 Å². The Hall–Kier alpha value is -3.35. The van der Waals surface area contributed by atoms with Crippen molar-refractivity contribution in [2.75, 3.05) is 6.61 Å². The molecule has 186 valence electrons. The first-order valence-electron chi connectivity index (χ1n) is 12.6. The van der Waals surface area contributed by atoms with E-state index in [0.717, 1.165) is 36.8 Å². The minimum absolute atomic E-state index is 0.0275. The van der Waals surface area contributed by atoms with Crippen LogP contribution in [0, 0.1) is 5.92 Å².